The number of esters is 1. The number of hydrogen-bond donors (Lipinski definition) is 1. The Bertz CT molecular complexity index is 410. The fourth-order valence-electron chi connectivity index (χ4n) is 1.27. The van der Waals surface area contributed by atoms with Gasteiger partial charge in [0.25, 0.3) is 0 Å². The van der Waals surface area contributed by atoms with E-state index in [2.05, 4.69) is 30.8 Å². The molecule has 0 aliphatic rings. The Kier molecular flexibility index (Phi) is 4.40. The predicted molar refractivity (Wildman–Crippen MR) is 70.7 cm³/mol. The van der Waals surface area contributed by atoms with Crippen molar-refractivity contribution in [1.29, 1.82) is 0 Å². The fraction of sp³-hybridized carbons (Fsp3) is 0.462. The van der Waals surface area contributed by atoms with Gasteiger partial charge >= 0.3 is 5.97 Å². The molecule has 3 nitrogen and oxygen atoms in total. The van der Waals surface area contributed by atoms with Gasteiger partial charge in [0.1, 0.15) is 0 Å². The highest BCUT2D eigenvalue weighted by Gasteiger charge is 2.13. The summed E-state index contributed by atoms with van der Waals surface area (Å²) in [6.07, 6.45) is 0. The third-order valence-corrected chi connectivity index (χ3v) is 2.52. The third-order valence-electron chi connectivity index (χ3n) is 2.19. The van der Waals surface area contributed by atoms with Gasteiger partial charge in [-0.2, -0.15) is 0 Å². The van der Waals surface area contributed by atoms with Crippen molar-refractivity contribution in [3.8, 4) is 0 Å². The van der Waals surface area contributed by atoms with Crippen LogP contribution in [0.5, 0.6) is 0 Å². The molecule has 1 aromatic rings. The van der Waals surface area contributed by atoms with E-state index in [4.69, 9.17) is 11.6 Å². The zero-order valence-electron chi connectivity index (χ0n) is 10.6. The van der Waals surface area contributed by atoms with Crippen molar-refractivity contribution in [2.24, 2.45) is 5.41 Å². The number of anilines is 1. The molecule has 0 saturated carbocycles. The highest BCUT2D eigenvalue weighted by molar-refractivity contribution is 6.33. The largest absolute Gasteiger partial charge is 0.465 e. The second-order valence-corrected chi connectivity index (χ2v) is 5.51. The van der Waals surface area contributed by atoms with Crippen molar-refractivity contribution in [3.63, 3.8) is 0 Å². The van der Waals surface area contributed by atoms with Crippen molar-refractivity contribution in [1.82, 2.24) is 0 Å². The molecule has 0 unspecified atom stereocenters. The monoisotopic (exact) mass is 255 g/mol. The maximum absolute atomic E-state index is 11.5. The van der Waals surface area contributed by atoms with Crippen molar-refractivity contribution in [2.75, 3.05) is 19.0 Å². The topological polar surface area (TPSA) is 38.3 Å². The van der Waals surface area contributed by atoms with Gasteiger partial charge in [0.15, 0.2) is 0 Å². The van der Waals surface area contributed by atoms with Gasteiger partial charge in [0, 0.05) is 12.2 Å². The first-order valence-corrected chi connectivity index (χ1v) is 5.83. The van der Waals surface area contributed by atoms with Crippen LogP contribution in [0.1, 0.15) is 31.1 Å². The number of rotatable bonds is 3. The molecule has 0 fully saturated rings. The van der Waals surface area contributed by atoms with E-state index in [0.29, 0.717) is 10.6 Å². The molecule has 4 heteroatoms. The summed E-state index contributed by atoms with van der Waals surface area (Å²) in [5.41, 5.74) is 1.42. The van der Waals surface area contributed by atoms with Crippen LogP contribution in [0.3, 0.4) is 0 Å². The number of ether oxygens (including phenoxy) is 1. The Morgan fingerprint density at radius 1 is 1.41 bits per heavy atom. The van der Waals surface area contributed by atoms with Crippen LogP contribution in [0, 0.1) is 5.41 Å². The standard InChI is InChI=1S/C13H18ClNO2/c1-13(2,3)8-15-9-5-6-11(14)10(7-9)12(16)17-4/h5-7,15H,8H2,1-4H3. The predicted octanol–water partition coefficient (Wildman–Crippen LogP) is 3.58. The molecule has 0 bridgehead atoms. The van der Waals surface area contributed by atoms with E-state index in [9.17, 15) is 4.79 Å². The zero-order chi connectivity index (χ0) is 13.1. The lowest BCUT2D eigenvalue weighted by Gasteiger charge is -2.20. The number of carbonyl (C=O) groups excluding carboxylic acids is 1. The Morgan fingerprint density at radius 3 is 2.59 bits per heavy atom. The van der Waals surface area contributed by atoms with E-state index >= 15 is 0 Å². The van der Waals surface area contributed by atoms with Crippen LogP contribution in [-0.4, -0.2) is 19.6 Å². The van der Waals surface area contributed by atoms with Crippen molar-refractivity contribution >= 4 is 23.3 Å². The number of hydrogen-bond acceptors (Lipinski definition) is 3. The van der Waals surface area contributed by atoms with Crippen LogP contribution >= 0.6 is 11.6 Å². The first-order valence-electron chi connectivity index (χ1n) is 5.45. The van der Waals surface area contributed by atoms with Gasteiger partial charge < -0.3 is 10.1 Å². The van der Waals surface area contributed by atoms with Crippen LogP contribution in [-0.2, 0) is 4.74 Å². The van der Waals surface area contributed by atoms with Crippen molar-refractivity contribution in [3.05, 3.63) is 28.8 Å². The summed E-state index contributed by atoms with van der Waals surface area (Å²) in [6.45, 7) is 7.22. The van der Waals surface area contributed by atoms with E-state index in [0.717, 1.165) is 12.2 Å². The highest BCUT2D eigenvalue weighted by Crippen LogP contribution is 2.22. The molecule has 17 heavy (non-hydrogen) atoms. The Labute approximate surface area is 107 Å². The Morgan fingerprint density at radius 2 is 2.06 bits per heavy atom. The molecule has 0 heterocycles. The minimum Gasteiger partial charge on any atom is -0.465 e. The van der Waals surface area contributed by atoms with Crippen LogP contribution in [0.4, 0.5) is 5.69 Å². The molecule has 0 aromatic heterocycles. The molecule has 1 N–H and O–H groups in total. The number of benzene rings is 1. The molecule has 0 saturated heterocycles. The van der Waals surface area contributed by atoms with E-state index in [1.165, 1.54) is 7.11 Å². The molecule has 0 aliphatic heterocycles. The summed E-state index contributed by atoms with van der Waals surface area (Å²) in [4.78, 5) is 11.5. The third kappa shape index (κ3) is 4.27. The van der Waals surface area contributed by atoms with Gasteiger partial charge in [0.2, 0.25) is 0 Å². The average Bonchev–Trinajstić information content (AvgIpc) is 2.26. The lowest BCUT2D eigenvalue weighted by atomic mass is 9.97. The summed E-state index contributed by atoms with van der Waals surface area (Å²) in [7, 11) is 1.34. The molecule has 1 aromatic carbocycles. The van der Waals surface area contributed by atoms with E-state index in [1.54, 1.807) is 12.1 Å². The number of carbonyl (C=O) groups is 1. The van der Waals surface area contributed by atoms with Gasteiger partial charge in [-0.3, -0.25) is 0 Å². The Hall–Kier alpha value is -1.22. The van der Waals surface area contributed by atoms with Crippen molar-refractivity contribution in [2.45, 2.75) is 20.8 Å². The summed E-state index contributed by atoms with van der Waals surface area (Å²) in [5.74, 6) is -0.422. The van der Waals surface area contributed by atoms with Gasteiger partial charge in [-0.1, -0.05) is 32.4 Å². The average molecular weight is 256 g/mol. The van der Waals surface area contributed by atoms with Crippen LogP contribution < -0.4 is 5.32 Å². The molecule has 0 amide bonds. The van der Waals surface area contributed by atoms with Crippen molar-refractivity contribution < 1.29 is 9.53 Å². The van der Waals surface area contributed by atoms with Crippen LogP contribution in [0.2, 0.25) is 5.02 Å². The minimum absolute atomic E-state index is 0.172. The molecule has 0 radical (unpaired) electrons. The summed E-state index contributed by atoms with van der Waals surface area (Å²) >= 11 is 5.93. The number of halogens is 1. The maximum atomic E-state index is 11.5. The van der Waals surface area contributed by atoms with Crippen LogP contribution in [0.15, 0.2) is 18.2 Å². The normalized spacial score (nSPS) is 11.1. The molecule has 94 valence electrons. The SMILES string of the molecule is COC(=O)c1cc(NCC(C)(C)C)ccc1Cl. The quantitative estimate of drug-likeness (QED) is 0.839. The number of methoxy groups -OCH3 is 1. The first kappa shape index (κ1) is 13.8. The zero-order valence-corrected chi connectivity index (χ0v) is 11.4. The van der Waals surface area contributed by atoms with Crippen LogP contribution in [0.25, 0.3) is 0 Å². The second kappa shape index (κ2) is 5.41. The lowest BCUT2D eigenvalue weighted by molar-refractivity contribution is 0.0601. The molecule has 1 rings (SSSR count). The van der Waals surface area contributed by atoms with Gasteiger partial charge in [-0.05, 0) is 23.6 Å². The maximum Gasteiger partial charge on any atom is 0.339 e. The summed E-state index contributed by atoms with van der Waals surface area (Å²) in [6, 6.07) is 5.25. The minimum atomic E-state index is -0.422. The fourth-order valence-corrected chi connectivity index (χ4v) is 1.46. The number of nitrogens with one attached hydrogen (secondary N) is 1. The van der Waals surface area contributed by atoms with Gasteiger partial charge in [-0.15, -0.1) is 0 Å². The molecular weight excluding hydrogens is 238 g/mol. The smallest absolute Gasteiger partial charge is 0.339 e. The summed E-state index contributed by atoms with van der Waals surface area (Å²) in [5, 5.41) is 3.67. The molecule has 0 aliphatic carbocycles. The molecular formula is C13H18ClNO2. The first-order chi connectivity index (χ1) is 7.83. The van der Waals surface area contributed by atoms with E-state index in [1.807, 2.05) is 6.07 Å². The highest BCUT2D eigenvalue weighted by atomic mass is 35.5. The second-order valence-electron chi connectivity index (χ2n) is 5.10. The van der Waals surface area contributed by atoms with E-state index in [-0.39, 0.29) is 5.41 Å². The lowest BCUT2D eigenvalue weighted by Crippen LogP contribution is -2.19. The molecule has 0 atom stereocenters. The summed E-state index contributed by atoms with van der Waals surface area (Å²) < 4.78 is 4.67. The van der Waals surface area contributed by atoms with Gasteiger partial charge in [-0.25, -0.2) is 4.79 Å². The van der Waals surface area contributed by atoms with Gasteiger partial charge in [0.05, 0.1) is 17.7 Å². The van der Waals surface area contributed by atoms with E-state index < -0.39 is 5.97 Å². The molecule has 0 spiro atoms. The Balaban J connectivity index is 2.86.